The fourth-order valence-corrected chi connectivity index (χ4v) is 4.37. The van der Waals surface area contributed by atoms with Gasteiger partial charge in [-0.25, -0.2) is 0 Å². The second kappa shape index (κ2) is 8.09. The Balaban J connectivity index is 1.50. The van der Waals surface area contributed by atoms with Crippen LogP contribution in [0.5, 0.6) is 0 Å². The van der Waals surface area contributed by atoms with Gasteiger partial charge < -0.3 is 10.6 Å². The van der Waals surface area contributed by atoms with Crippen molar-refractivity contribution in [1.29, 1.82) is 10.5 Å². The highest BCUT2D eigenvalue weighted by molar-refractivity contribution is 8.09. The van der Waals surface area contributed by atoms with Crippen molar-refractivity contribution in [2.45, 2.75) is 37.6 Å². The van der Waals surface area contributed by atoms with Gasteiger partial charge >= 0.3 is 0 Å². The van der Waals surface area contributed by atoms with Crippen LogP contribution < -0.4 is 10.6 Å². The summed E-state index contributed by atoms with van der Waals surface area (Å²) in [5, 5.41) is 23.9. The van der Waals surface area contributed by atoms with Crippen molar-refractivity contribution in [2.75, 3.05) is 0 Å². The minimum atomic E-state index is -0.175. The molecular formula is C19H20N4OS. The Morgan fingerprint density at radius 1 is 1.36 bits per heavy atom. The Kier molecular flexibility index (Phi) is 5.63. The zero-order chi connectivity index (χ0) is 17.6. The zero-order valence-corrected chi connectivity index (χ0v) is 14.7. The summed E-state index contributed by atoms with van der Waals surface area (Å²) in [5.41, 5.74) is 1.43. The largest absolute Gasteiger partial charge is 0.362 e. The first-order valence-electron chi connectivity index (χ1n) is 8.50. The molecule has 25 heavy (non-hydrogen) atoms. The van der Waals surface area contributed by atoms with Crippen LogP contribution in [-0.2, 0) is 4.79 Å². The normalized spacial score (nSPS) is 24.7. The van der Waals surface area contributed by atoms with Crippen molar-refractivity contribution in [3.63, 3.8) is 0 Å². The number of thioether (sulfide) groups is 1. The number of amides is 1. The molecule has 0 aromatic heterocycles. The molecule has 2 aliphatic rings. The predicted octanol–water partition coefficient (Wildman–Crippen LogP) is 3.31. The van der Waals surface area contributed by atoms with E-state index in [1.165, 1.54) is 0 Å². The number of nitrogens with zero attached hydrogens (tertiary/aromatic N) is 2. The third kappa shape index (κ3) is 4.35. The molecule has 0 bridgehead atoms. The monoisotopic (exact) mass is 352 g/mol. The van der Waals surface area contributed by atoms with Crippen LogP contribution in [0.2, 0.25) is 0 Å². The quantitative estimate of drug-likeness (QED) is 0.849. The van der Waals surface area contributed by atoms with Crippen LogP contribution in [-0.4, -0.2) is 11.4 Å². The number of nitriles is 2. The fourth-order valence-electron chi connectivity index (χ4n) is 3.40. The summed E-state index contributed by atoms with van der Waals surface area (Å²) in [6.07, 6.45) is 6.19. The Morgan fingerprint density at radius 2 is 2.24 bits per heavy atom. The average molecular weight is 352 g/mol. The fraction of sp³-hybridized carbons (Fsp3) is 0.421. The predicted molar refractivity (Wildman–Crippen MR) is 97.5 cm³/mol. The highest BCUT2D eigenvalue weighted by Crippen LogP contribution is 2.36. The lowest BCUT2D eigenvalue weighted by Gasteiger charge is -2.17. The Bertz CT molecular complexity index is 761. The van der Waals surface area contributed by atoms with Crippen LogP contribution >= 0.6 is 11.8 Å². The van der Waals surface area contributed by atoms with Gasteiger partial charge in [0.25, 0.3) is 0 Å². The molecule has 1 fully saturated rings. The van der Waals surface area contributed by atoms with E-state index in [0.29, 0.717) is 17.9 Å². The maximum absolute atomic E-state index is 12.5. The van der Waals surface area contributed by atoms with Gasteiger partial charge in [-0.1, -0.05) is 23.9 Å². The second-order valence-corrected chi connectivity index (χ2v) is 7.59. The van der Waals surface area contributed by atoms with Crippen molar-refractivity contribution in [3.05, 3.63) is 41.6 Å². The maximum atomic E-state index is 12.5. The molecule has 1 saturated carbocycles. The van der Waals surface area contributed by atoms with Gasteiger partial charge in [-0.3, -0.25) is 4.79 Å². The smallest absolute Gasteiger partial charge is 0.225 e. The first-order chi connectivity index (χ1) is 12.2. The van der Waals surface area contributed by atoms with Crippen molar-refractivity contribution in [2.24, 2.45) is 11.8 Å². The van der Waals surface area contributed by atoms with Gasteiger partial charge in [0.1, 0.15) is 0 Å². The van der Waals surface area contributed by atoms with Crippen molar-refractivity contribution < 1.29 is 4.79 Å². The molecule has 6 heteroatoms. The van der Waals surface area contributed by atoms with Crippen LogP contribution in [0.1, 0.15) is 43.2 Å². The maximum Gasteiger partial charge on any atom is 0.225 e. The van der Waals surface area contributed by atoms with Gasteiger partial charge in [0.05, 0.1) is 17.7 Å². The molecule has 3 rings (SSSR count). The molecule has 1 amide bonds. The number of nitrogens with one attached hydrogen (secondary N) is 2. The third-order valence-corrected chi connectivity index (χ3v) is 5.83. The summed E-state index contributed by atoms with van der Waals surface area (Å²) >= 11 is 1.55. The minimum Gasteiger partial charge on any atom is -0.362 e. The van der Waals surface area contributed by atoms with E-state index in [0.717, 1.165) is 36.2 Å². The van der Waals surface area contributed by atoms with E-state index in [9.17, 15) is 4.79 Å². The lowest BCUT2D eigenvalue weighted by Crippen LogP contribution is -2.41. The first-order valence-corrected chi connectivity index (χ1v) is 9.38. The summed E-state index contributed by atoms with van der Waals surface area (Å²) in [5.74, 6) is 0.643. The molecule has 1 heterocycles. The van der Waals surface area contributed by atoms with Gasteiger partial charge in [0, 0.05) is 23.4 Å². The van der Waals surface area contributed by atoms with Crippen LogP contribution in [0.3, 0.4) is 0 Å². The molecular weight excluding hydrogens is 332 g/mol. The molecule has 5 nitrogen and oxygen atoms in total. The molecule has 2 unspecified atom stereocenters. The molecule has 1 aliphatic carbocycles. The SMILES string of the molecule is N#CCCC1CC[C@H](C(=O)NC2NC=C(c3cccc(C#N)c3)S2)C1. The van der Waals surface area contributed by atoms with E-state index in [2.05, 4.69) is 22.8 Å². The number of rotatable bonds is 5. The second-order valence-electron chi connectivity index (χ2n) is 6.45. The summed E-state index contributed by atoms with van der Waals surface area (Å²) in [7, 11) is 0. The molecule has 1 aromatic carbocycles. The minimum absolute atomic E-state index is 0.0528. The molecule has 0 spiro atoms. The van der Waals surface area contributed by atoms with Crippen molar-refractivity contribution in [3.8, 4) is 12.1 Å². The van der Waals surface area contributed by atoms with Crippen molar-refractivity contribution >= 4 is 22.6 Å². The Labute approximate surface area is 152 Å². The van der Waals surface area contributed by atoms with Crippen LogP contribution in [0, 0.1) is 34.5 Å². The van der Waals surface area contributed by atoms with Gasteiger partial charge in [-0.2, -0.15) is 10.5 Å². The highest BCUT2D eigenvalue weighted by atomic mass is 32.2. The van der Waals surface area contributed by atoms with E-state index < -0.39 is 0 Å². The molecule has 2 N–H and O–H groups in total. The van der Waals surface area contributed by atoms with E-state index in [-0.39, 0.29) is 17.3 Å². The molecule has 128 valence electrons. The van der Waals surface area contributed by atoms with Crippen molar-refractivity contribution in [1.82, 2.24) is 10.6 Å². The Hall–Kier alpha value is -2.44. The first kappa shape index (κ1) is 17.4. The topological polar surface area (TPSA) is 88.7 Å². The standard InChI is InChI=1S/C19H20N4OS/c20-8-2-4-13-6-7-16(9-13)18(24)23-19-22-12-17(25-19)15-5-1-3-14(10-15)11-21/h1,3,5,10,12-13,16,19,22H,2,4,6-7,9H2,(H,23,24)/t13?,16-,19?/m0/s1. The lowest BCUT2D eigenvalue weighted by molar-refractivity contribution is -0.125. The number of carbonyl (C=O) groups excluding carboxylic acids is 1. The van der Waals surface area contributed by atoms with Gasteiger partial charge in [0.15, 0.2) is 5.50 Å². The van der Waals surface area contributed by atoms with Crippen LogP contribution in [0.25, 0.3) is 4.91 Å². The van der Waals surface area contributed by atoms with E-state index in [1.54, 1.807) is 17.8 Å². The molecule has 1 aromatic rings. The van der Waals surface area contributed by atoms with E-state index >= 15 is 0 Å². The highest BCUT2D eigenvalue weighted by Gasteiger charge is 2.31. The molecule has 0 saturated heterocycles. The number of hydrogen-bond donors (Lipinski definition) is 2. The van der Waals surface area contributed by atoms with Crippen LogP contribution in [0.4, 0.5) is 0 Å². The zero-order valence-electron chi connectivity index (χ0n) is 13.9. The summed E-state index contributed by atoms with van der Waals surface area (Å²) in [6, 6.07) is 11.8. The lowest BCUT2D eigenvalue weighted by atomic mass is 10.00. The number of carbonyl (C=O) groups is 1. The number of hydrogen-bond acceptors (Lipinski definition) is 5. The molecule has 1 aliphatic heterocycles. The van der Waals surface area contributed by atoms with Gasteiger partial charge in [-0.15, -0.1) is 0 Å². The molecule has 0 radical (unpaired) electrons. The average Bonchev–Trinajstić information content (AvgIpc) is 3.29. The van der Waals surface area contributed by atoms with E-state index in [4.69, 9.17) is 10.5 Å². The van der Waals surface area contributed by atoms with E-state index in [1.807, 2.05) is 24.4 Å². The number of benzene rings is 1. The van der Waals surface area contributed by atoms with Gasteiger partial charge in [-0.05, 0) is 49.3 Å². The van der Waals surface area contributed by atoms with Gasteiger partial charge in [0.2, 0.25) is 5.91 Å². The summed E-state index contributed by atoms with van der Waals surface area (Å²) < 4.78 is 0. The Morgan fingerprint density at radius 3 is 3.04 bits per heavy atom. The molecule has 3 atom stereocenters. The summed E-state index contributed by atoms with van der Waals surface area (Å²) in [4.78, 5) is 13.5. The third-order valence-electron chi connectivity index (χ3n) is 4.74. The van der Waals surface area contributed by atoms with Crippen LogP contribution in [0.15, 0.2) is 30.5 Å². The summed E-state index contributed by atoms with van der Waals surface area (Å²) in [6.45, 7) is 0.